The molecule has 0 radical (unpaired) electrons. The summed E-state index contributed by atoms with van der Waals surface area (Å²) in [5.41, 5.74) is 2.81. The van der Waals surface area contributed by atoms with Gasteiger partial charge in [0, 0.05) is 81.9 Å². The topological polar surface area (TPSA) is 127 Å². The summed E-state index contributed by atoms with van der Waals surface area (Å²) in [6, 6.07) is 12.2. The summed E-state index contributed by atoms with van der Waals surface area (Å²) >= 11 is 0. The van der Waals surface area contributed by atoms with Gasteiger partial charge < -0.3 is 25.6 Å². The molecule has 12 nitrogen and oxygen atoms in total. The van der Waals surface area contributed by atoms with Crippen molar-refractivity contribution in [3.63, 3.8) is 0 Å². The van der Waals surface area contributed by atoms with Crippen molar-refractivity contribution < 1.29 is 9.53 Å². The van der Waals surface area contributed by atoms with Crippen LogP contribution in [-0.2, 0) is 16.0 Å². The van der Waals surface area contributed by atoms with E-state index in [0.717, 1.165) is 101 Å². The highest BCUT2D eigenvalue weighted by molar-refractivity contribution is 5.79. The van der Waals surface area contributed by atoms with Crippen molar-refractivity contribution in [2.45, 2.75) is 32.2 Å². The molecule has 6 rings (SSSR count). The number of hydrogen-bond acceptors (Lipinski definition) is 10. The van der Waals surface area contributed by atoms with Crippen LogP contribution in [-0.4, -0.2) is 107 Å². The number of nitrogens with one attached hydrogen (secondary N) is 4. The van der Waals surface area contributed by atoms with E-state index in [-0.39, 0.29) is 5.91 Å². The highest BCUT2D eigenvalue weighted by Gasteiger charge is 2.23. The van der Waals surface area contributed by atoms with Crippen LogP contribution in [0.25, 0.3) is 0 Å². The van der Waals surface area contributed by atoms with Crippen molar-refractivity contribution in [2.24, 2.45) is 0 Å². The first-order valence-corrected chi connectivity index (χ1v) is 14.7. The lowest BCUT2D eigenvalue weighted by Gasteiger charge is -2.37. The van der Waals surface area contributed by atoms with Gasteiger partial charge in [-0.15, -0.1) is 0 Å². The zero-order valence-corrected chi connectivity index (χ0v) is 23.7. The second-order valence-electron chi connectivity index (χ2n) is 11.1. The number of nitrogens with zero attached hydrogens (tertiary/aromatic N) is 6. The number of carbonyl (C=O) groups is 1. The number of amides is 1. The molecule has 3 aliphatic rings. The monoisotopic (exact) mass is 560 g/mol. The normalized spacial score (nSPS) is 18.3. The van der Waals surface area contributed by atoms with E-state index in [1.807, 2.05) is 43.3 Å². The minimum absolute atomic E-state index is 0.0785. The molecule has 3 aromatic rings. The third-order valence-electron chi connectivity index (χ3n) is 7.72. The van der Waals surface area contributed by atoms with Crippen molar-refractivity contribution in [3.8, 4) is 0 Å². The predicted molar refractivity (Wildman–Crippen MR) is 159 cm³/mol. The molecule has 4 N–H and O–H groups in total. The number of aryl methyl sites for hydroxylation is 1. The molecule has 1 aromatic carbocycles. The van der Waals surface area contributed by atoms with Gasteiger partial charge in [0.05, 0.1) is 19.6 Å². The number of aromatic amines is 1. The predicted octanol–water partition coefficient (Wildman–Crippen LogP) is 2.27. The number of hydrogen-bond donors (Lipinski definition) is 4. The van der Waals surface area contributed by atoms with Gasteiger partial charge in [0.1, 0.15) is 11.6 Å². The lowest BCUT2D eigenvalue weighted by atomic mass is 10.1. The first-order valence-electron chi connectivity index (χ1n) is 14.7. The molecule has 41 heavy (non-hydrogen) atoms. The maximum atomic E-state index is 12.2. The summed E-state index contributed by atoms with van der Waals surface area (Å²) in [6.45, 7) is 11.7. The lowest BCUT2D eigenvalue weighted by Crippen LogP contribution is -2.49. The largest absolute Gasteiger partial charge is 0.379 e. The second kappa shape index (κ2) is 12.8. The molecule has 2 aromatic heterocycles. The Morgan fingerprint density at radius 2 is 1.66 bits per heavy atom. The average Bonchev–Trinajstić information content (AvgIpc) is 3.71. The van der Waals surface area contributed by atoms with Gasteiger partial charge in [-0.05, 0) is 37.5 Å². The molecule has 1 aliphatic carbocycles. The minimum atomic E-state index is 0.0785. The van der Waals surface area contributed by atoms with E-state index < -0.39 is 0 Å². The second-order valence-corrected chi connectivity index (χ2v) is 11.1. The summed E-state index contributed by atoms with van der Waals surface area (Å²) in [5, 5.41) is 17.0. The van der Waals surface area contributed by atoms with Crippen molar-refractivity contribution in [1.82, 2.24) is 35.3 Å². The number of benzene rings is 1. The van der Waals surface area contributed by atoms with Gasteiger partial charge in [0.15, 0.2) is 5.82 Å². The van der Waals surface area contributed by atoms with Crippen LogP contribution >= 0.6 is 0 Å². The van der Waals surface area contributed by atoms with E-state index in [4.69, 9.17) is 14.7 Å². The molecule has 0 atom stereocenters. The summed E-state index contributed by atoms with van der Waals surface area (Å²) in [6.07, 6.45) is 2.57. The Bertz CT molecular complexity index is 1300. The molecular formula is C29H40N10O2. The molecule has 2 aliphatic heterocycles. The van der Waals surface area contributed by atoms with Gasteiger partial charge in [-0.25, -0.2) is 0 Å². The molecule has 12 heteroatoms. The van der Waals surface area contributed by atoms with E-state index in [2.05, 4.69) is 40.8 Å². The molecule has 1 saturated carbocycles. The van der Waals surface area contributed by atoms with Crippen LogP contribution in [0, 0.1) is 6.92 Å². The number of morpholine rings is 1. The minimum Gasteiger partial charge on any atom is -0.379 e. The van der Waals surface area contributed by atoms with E-state index in [9.17, 15) is 4.79 Å². The van der Waals surface area contributed by atoms with Crippen molar-refractivity contribution in [2.75, 3.05) is 81.1 Å². The molecule has 0 unspecified atom stereocenters. The summed E-state index contributed by atoms with van der Waals surface area (Å²) < 4.78 is 5.48. The third-order valence-corrected chi connectivity index (χ3v) is 7.72. The number of piperazine rings is 1. The van der Waals surface area contributed by atoms with Crippen LogP contribution in [0.2, 0.25) is 0 Å². The number of carbonyl (C=O) groups excluding carboxylic acids is 1. The zero-order chi connectivity index (χ0) is 28.0. The molecule has 1 amide bonds. The van der Waals surface area contributed by atoms with E-state index in [1.165, 1.54) is 0 Å². The average molecular weight is 561 g/mol. The quantitative estimate of drug-likeness (QED) is 0.277. The highest BCUT2D eigenvalue weighted by atomic mass is 16.5. The van der Waals surface area contributed by atoms with Gasteiger partial charge in [-0.3, -0.25) is 19.7 Å². The number of H-pyrrole nitrogens is 1. The smallest absolute Gasteiger partial charge is 0.231 e. The van der Waals surface area contributed by atoms with Gasteiger partial charge in [0.2, 0.25) is 11.9 Å². The Labute approximate surface area is 240 Å². The van der Waals surface area contributed by atoms with Crippen molar-refractivity contribution >= 4 is 35.0 Å². The zero-order valence-electron chi connectivity index (χ0n) is 23.7. The van der Waals surface area contributed by atoms with Crippen LogP contribution in [0.1, 0.15) is 24.1 Å². The molecule has 3 fully saturated rings. The molecule has 218 valence electrons. The van der Waals surface area contributed by atoms with E-state index in [1.54, 1.807) is 0 Å². The van der Waals surface area contributed by atoms with Crippen LogP contribution in [0.5, 0.6) is 0 Å². The van der Waals surface area contributed by atoms with Crippen LogP contribution in [0.3, 0.4) is 0 Å². The summed E-state index contributed by atoms with van der Waals surface area (Å²) in [4.78, 5) is 29.1. The number of ether oxygens (including phenoxy) is 1. The van der Waals surface area contributed by atoms with Crippen LogP contribution < -0.4 is 20.9 Å². The molecule has 0 bridgehead atoms. The summed E-state index contributed by atoms with van der Waals surface area (Å²) in [5.74, 6) is 2.84. The number of anilines is 5. The highest BCUT2D eigenvalue weighted by Crippen LogP contribution is 2.25. The fraction of sp³-hybridized carbons (Fsp3) is 0.517. The fourth-order valence-electron chi connectivity index (χ4n) is 5.16. The SMILES string of the molecule is Cc1cc(Nc2cc(N3CCN(CCN4CCOCC4)CC3)nc(Nc3ccc(CC(=O)NC4CC4)cc3)n2)n[nH]1. The van der Waals surface area contributed by atoms with Crippen molar-refractivity contribution in [1.29, 1.82) is 0 Å². The molecular weight excluding hydrogens is 520 g/mol. The van der Waals surface area contributed by atoms with Gasteiger partial charge in [-0.2, -0.15) is 15.1 Å². The molecule has 0 spiro atoms. The third kappa shape index (κ3) is 7.93. The standard InChI is InChI=1S/C29H40N10O2/c1-21-18-26(36-35-21)32-25-20-27(39-12-10-37(11-13-39)8-9-38-14-16-41-17-15-38)34-29(33-25)31-24-4-2-22(3-5-24)19-28(40)30-23-6-7-23/h2-5,18,20,23H,6-17,19H2,1H3,(H,30,40)(H3,31,32,33,34,35,36). The van der Waals surface area contributed by atoms with Crippen LogP contribution in [0.15, 0.2) is 36.4 Å². The Morgan fingerprint density at radius 3 is 2.34 bits per heavy atom. The molecule has 2 saturated heterocycles. The Balaban J connectivity index is 1.11. The first kappa shape index (κ1) is 27.4. The Hall–Kier alpha value is -3.74. The van der Waals surface area contributed by atoms with E-state index >= 15 is 0 Å². The summed E-state index contributed by atoms with van der Waals surface area (Å²) in [7, 11) is 0. The maximum absolute atomic E-state index is 12.2. The Kier molecular flexibility index (Phi) is 8.59. The van der Waals surface area contributed by atoms with Gasteiger partial charge in [0.25, 0.3) is 0 Å². The fourth-order valence-corrected chi connectivity index (χ4v) is 5.16. The number of aromatic nitrogens is 4. The Morgan fingerprint density at radius 1 is 0.927 bits per heavy atom. The molecule has 4 heterocycles. The number of rotatable bonds is 11. The first-order chi connectivity index (χ1) is 20.1. The van der Waals surface area contributed by atoms with Crippen molar-refractivity contribution in [3.05, 3.63) is 47.7 Å². The van der Waals surface area contributed by atoms with E-state index in [0.29, 0.717) is 30.0 Å². The van der Waals surface area contributed by atoms with Crippen LogP contribution in [0.4, 0.5) is 29.1 Å². The lowest BCUT2D eigenvalue weighted by molar-refractivity contribution is -0.120. The van der Waals surface area contributed by atoms with Gasteiger partial charge in [-0.1, -0.05) is 12.1 Å². The maximum Gasteiger partial charge on any atom is 0.231 e. The van der Waals surface area contributed by atoms with Gasteiger partial charge >= 0.3 is 0 Å².